The zero-order valence-corrected chi connectivity index (χ0v) is 12.4. The molecule has 0 bridgehead atoms. The van der Waals surface area contributed by atoms with Crippen molar-refractivity contribution < 1.29 is 23.1 Å². The molecule has 0 aromatic rings. The molecule has 0 aliphatic carbocycles. The maximum absolute atomic E-state index is 12.2. The molecule has 0 amide bonds. The lowest BCUT2D eigenvalue weighted by molar-refractivity contribution is -0.141. The summed E-state index contributed by atoms with van der Waals surface area (Å²) >= 11 is 0. The molecule has 0 spiro atoms. The molecule has 1 unspecified atom stereocenters. The summed E-state index contributed by atoms with van der Waals surface area (Å²) in [6.45, 7) is 4.06. The summed E-state index contributed by atoms with van der Waals surface area (Å²) < 4.78 is 30.8. The highest BCUT2D eigenvalue weighted by Gasteiger charge is 2.35. The van der Waals surface area contributed by atoms with Crippen molar-refractivity contribution in [2.45, 2.75) is 51.7 Å². The largest absolute Gasteiger partial charge is 0.480 e. The first-order valence-electron chi connectivity index (χ1n) is 6.68. The first kappa shape index (κ1) is 16.4. The Labute approximate surface area is 114 Å². The second kappa shape index (κ2) is 7.21. The summed E-state index contributed by atoms with van der Waals surface area (Å²) in [7, 11) is -3.57. The van der Waals surface area contributed by atoms with Crippen LogP contribution < -0.4 is 0 Å². The minimum Gasteiger partial charge on any atom is -0.480 e. The summed E-state index contributed by atoms with van der Waals surface area (Å²) in [5, 5.41) is 9.17. The molecule has 0 aromatic carbocycles. The number of carboxylic acids is 1. The van der Waals surface area contributed by atoms with Crippen molar-refractivity contribution >= 4 is 16.0 Å². The number of sulfonamides is 1. The van der Waals surface area contributed by atoms with Crippen LogP contribution in [0.15, 0.2) is 0 Å². The van der Waals surface area contributed by atoms with Crippen LogP contribution in [0.4, 0.5) is 0 Å². The summed E-state index contributed by atoms with van der Waals surface area (Å²) in [6, 6.07) is -0.924. The smallest absolute Gasteiger partial charge is 0.322 e. The van der Waals surface area contributed by atoms with Crippen LogP contribution in [0.3, 0.4) is 0 Å². The van der Waals surface area contributed by atoms with E-state index in [0.717, 1.165) is 17.1 Å². The van der Waals surface area contributed by atoms with Crippen LogP contribution in [0.2, 0.25) is 0 Å². The van der Waals surface area contributed by atoms with Crippen LogP contribution in [-0.2, 0) is 19.6 Å². The Bertz CT molecular complexity index is 393. The van der Waals surface area contributed by atoms with Crippen LogP contribution in [0.25, 0.3) is 0 Å². The lowest BCUT2D eigenvalue weighted by atomic mass is 10.1. The number of hydrogen-bond acceptors (Lipinski definition) is 4. The molecular formula is C12H23NO5S. The van der Waals surface area contributed by atoms with E-state index in [1.54, 1.807) is 0 Å². The summed E-state index contributed by atoms with van der Waals surface area (Å²) in [5.41, 5.74) is 0. The van der Waals surface area contributed by atoms with Crippen LogP contribution >= 0.6 is 0 Å². The van der Waals surface area contributed by atoms with Crippen LogP contribution in [0, 0.1) is 0 Å². The SMILES string of the molecule is CC(C)OCCS(=O)(=O)N1CCCCCC1C(=O)O. The molecule has 1 fully saturated rings. The molecule has 1 N–H and O–H groups in total. The van der Waals surface area contributed by atoms with Crippen molar-refractivity contribution in [3.05, 3.63) is 0 Å². The van der Waals surface area contributed by atoms with Gasteiger partial charge >= 0.3 is 5.97 Å². The fourth-order valence-corrected chi connectivity index (χ4v) is 3.70. The van der Waals surface area contributed by atoms with E-state index < -0.39 is 22.0 Å². The van der Waals surface area contributed by atoms with Gasteiger partial charge in [-0.1, -0.05) is 12.8 Å². The van der Waals surface area contributed by atoms with Crippen molar-refractivity contribution in [2.75, 3.05) is 18.9 Å². The molecule has 1 rings (SSSR count). The van der Waals surface area contributed by atoms with Gasteiger partial charge in [0.15, 0.2) is 0 Å². The fourth-order valence-electron chi connectivity index (χ4n) is 2.17. The topological polar surface area (TPSA) is 83.9 Å². The van der Waals surface area contributed by atoms with Gasteiger partial charge in [-0.25, -0.2) is 8.42 Å². The van der Waals surface area contributed by atoms with Gasteiger partial charge in [0.1, 0.15) is 6.04 Å². The summed E-state index contributed by atoms with van der Waals surface area (Å²) in [6.07, 6.45) is 2.70. The number of aliphatic carboxylic acids is 1. The zero-order chi connectivity index (χ0) is 14.5. The van der Waals surface area contributed by atoms with Crippen LogP contribution in [-0.4, -0.2) is 54.8 Å². The molecule has 0 saturated carbocycles. The van der Waals surface area contributed by atoms with E-state index in [9.17, 15) is 18.3 Å². The quantitative estimate of drug-likeness (QED) is 0.792. The predicted molar refractivity (Wildman–Crippen MR) is 71.5 cm³/mol. The number of rotatable bonds is 6. The molecule has 19 heavy (non-hydrogen) atoms. The summed E-state index contributed by atoms with van der Waals surface area (Å²) in [5.74, 6) is -1.22. The second-order valence-corrected chi connectivity index (χ2v) is 7.09. The Morgan fingerprint density at radius 1 is 1.37 bits per heavy atom. The average Bonchev–Trinajstić information content (AvgIpc) is 2.53. The van der Waals surface area contributed by atoms with Crippen LogP contribution in [0.5, 0.6) is 0 Å². The van der Waals surface area contributed by atoms with Gasteiger partial charge in [-0.15, -0.1) is 0 Å². The molecule has 1 aliphatic heterocycles. The maximum atomic E-state index is 12.2. The minimum absolute atomic E-state index is 0.0328. The monoisotopic (exact) mass is 293 g/mol. The predicted octanol–water partition coefficient (Wildman–Crippen LogP) is 1.07. The molecule has 6 nitrogen and oxygen atoms in total. The van der Waals surface area contributed by atoms with E-state index in [2.05, 4.69) is 0 Å². The Morgan fingerprint density at radius 2 is 2.05 bits per heavy atom. The molecule has 112 valence electrons. The number of carbonyl (C=O) groups is 1. The highest BCUT2D eigenvalue weighted by atomic mass is 32.2. The van der Waals surface area contributed by atoms with Gasteiger partial charge in [-0.05, 0) is 26.7 Å². The lowest BCUT2D eigenvalue weighted by Gasteiger charge is -2.26. The van der Waals surface area contributed by atoms with Gasteiger partial charge in [0.05, 0.1) is 18.5 Å². The highest BCUT2D eigenvalue weighted by molar-refractivity contribution is 7.89. The normalized spacial score (nSPS) is 22.4. The Balaban J connectivity index is 2.73. The summed E-state index contributed by atoms with van der Waals surface area (Å²) in [4.78, 5) is 11.2. The highest BCUT2D eigenvalue weighted by Crippen LogP contribution is 2.20. The number of carboxylic acid groups (broad SMARTS) is 1. The molecule has 1 aliphatic rings. The van der Waals surface area contributed by atoms with Crippen molar-refractivity contribution in [3.63, 3.8) is 0 Å². The Kier molecular flexibility index (Phi) is 6.22. The lowest BCUT2D eigenvalue weighted by Crippen LogP contribution is -2.46. The molecule has 1 atom stereocenters. The van der Waals surface area contributed by atoms with E-state index in [1.807, 2.05) is 13.8 Å². The van der Waals surface area contributed by atoms with E-state index in [-0.39, 0.29) is 18.5 Å². The Hall–Kier alpha value is -0.660. The van der Waals surface area contributed by atoms with E-state index in [1.165, 1.54) is 0 Å². The molecule has 1 heterocycles. The number of ether oxygens (including phenoxy) is 1. The van der Waals surface area contributed by atoms with Gasteiger partial charge in [0, 0.05) is 6.54 Å². The molecule has 7 heteroatoms. The van der Waals surface area contributed by atoms with Gasteiger partial charge in [-0.3, -0.25) is 4.79 Å². The van der Waals surface area contributed by atoms with Crippen molar-refractivity contribution in [2.24, 2.45) is 0 Å². The van der Waals surface area contributed by atoms with Crippen LogP contribution in [0.1, 0.15) is 39.5 Å². The van der Waals surface area contributed by atoms with Gasteiger partial charge in [0.2, 0.25) is 10.0 Å². The average molecular weight is 293 g/mol. The van der Waals surface area contributed by atoms with Gasteiger partial charge in [-0.2, -0.15) is 4.31 Å². The maximum Gasteiger partial charge on any atom is 0.322 e. The molecule has 0 radical (unpaired) electrons. The van der Waals surface area contributed by atoms with E-state index in [4.69, 9.17) is 4.74 Å². The number of nitrogens with zero attached hydrogens (tertiary/aromatic N) is 1. The third kappa shape index (κ3) is 5.08. The van der Waals surface area contributed by atoms with E-state index in [0.29, 0.717) is 19.4 Å². The van der Waals surface area contributed by atoms with Crippen molar-refractivity contribution in [1.29, 1.82) is 0 Å². The molecule has 0 aromatic heterocycles. The Morgan fingerprint density at radius 3 is 2.63 bits per heavy atom. The number of hydrogen-bond donors (Lipinski definition) is 1. The standard InChI is InChI=1S/C12H23NO5S/c1-10(2)18-8-9-19(16,17)13-7-5-3-4-6-11(13)12(14)15/h10-11H,3-9H2,1-2H3,(H,14,15). The van der Waals surface area contributed by atoms with Crippen molar-refractivity contribution in [3.8, 4) is 0 Å². The second-order valence-electron chi connectivity index (χ2n) is 5.05. The first-order valence-corrected chi connectivity index (χ1v) is 8.29. The third-order valence-corrected chi connectivity index (χ3v) is 4.97. The molecule has 1 saturated heterocycles. The van der Waals surface area contributed by atoms with E-state index >= 15 is 0 Å². The van der Waals surface area contributed by atoms with Gasteiger partial charge < -0.3 is 9.84 Å². The fraction of sp³-hybridized carbons (Fsp3) is 0.917. The minimum atomic E-state index is -3.57. The third-order valence-electron chi connectivity index (χ3n) is 3.14. The molecular weight excluding hydrogens is 270 g/mol. The van der Waals surface area contributed by atoms with Crippen molar-refractivity contribution in [1.82, 2.24) is 4.31 Å². The van der Waals surface area contributed by atoms with Gasteiger partial charge in [0.25, 0.3) is 0 Å². The zero-order valence-electron chi connectivity index (χ0n) is 11.5. The first-order chi connectivity index (χ1) is 8.84.